The Kier molecular flexibility index (Phi) is 6.32. The Morgan fingerprint density at radius 2 is 1.76 bits per heavy atom. The van der Waals surface area contributed by atoms with E-state index in [1.807, 2.05) is 6.92 Å². The van der Waals surface area contributed by atoms with Crippen LogP contribution in [0.15, 0.2) is 29.2 Å². The number of nitrogens with one attached hydrogen (secondary N) is 2. The first-order valence-corrected chi connectivity index (χ1v) is 8.35. The lowest BCUT2D eigenvalue weighted by molar-refractivity contribution is 0.0948. The molecule has 0 aromatic heterocycles. The van der Waals surface area contributed by atoms with Crippen LogP contribution in [0, 0.1) is 5.92 Å². The molecule has 1 unspecified atom stereocenters. The Hall–Kier alpha value is -1.44. The molecule has 1 aromatic rings. The summed E-state index contributed by atoms with van der Waals surface area (Å²) in [6.07, 6.45) is 0. The first-order valence-electron chi connectivity index (χ1n) is 6.87. The number of amides is 1. The lowest BCUT2D eigenvalue weighted by Gasteiger charge is -2.11. The van der Waals surface area contributed by atoms with Crippen molar-refractivity contribution in [3.8, 4) is 0 Å². The van der Waals surface area contributed by atoms with E-state index in [-0.39, 0.29) is 22.8 Å². The fraction of sp³-hybridized carbons (Fsp3) is 0.500. The second kappa shape index (κ2) is 7.53. The first-order chi connectivity index (χ1) is 9.76. The first kappa shape index (κ1) is 17.6. The summed E-state index contributed by atoms with van der Waals surface area (Å²) in [5.41, 5.74) is 5.90. The normalized spacial score (nSPS) is 13.2. The topological polar surface area (TPSA) is 101 Å². The van der Waals surface area contributed by atoms with E-state index in [1.54, 1.807) is 13.8 Å². The molecule has 4 N–H and O–H groups in total. The fourth-order valence-electron chi connectivity index (χ4n) is 1.62. The maximum atomic E-state index is 12.0. The molecule has 0 bridgehead atoms. The second-order valence-corrected chi connectivity index (χ2v) is 7.07. The molecule has 0 aliphatic carbocycles. The molecule has 0 spiro atoms. The molecule has 118 valence electrons. The van der Waals surface area contributed by atoms with E-state index in [2.05, 4.69) is 10.0 Å². The molecule has 0 saturated heterocycles. The van der Waals surface area contributed by atoms with Crippen molar-refractivity contribution in [1.29, 1.82) is 0 Å². The van der Waals surface area contributed by atoms with E-state index < -0.39 is 10.0 Å². The third kappa shape index (κ3) is 5.45. The highest BCUT2D eigenvalue weighted by Gasteiger charge is 2.16. The maximum absolute atomic E-state index is 12.0. The molecule has 7 heteroatoms. The summed E-state index contributed by atoms with van der Waals surface area (Å²) in [5, 5.41) is 2.76. The largest absolute Gasteiger partial charge is 0.352 e. The van der Waals surface area contributed by atoms with Gasteiger partial charge in [-0.05, 0) is 50.6 Å². The van der Waals surface area contributed by atoms with E-state index in [0.717, 1.165) is 0 Å². The van der Waals surface area contributed by atoms with Gasteiger partial charge in [-0.2, -0.15) is 0 Å². The molecule has 0 aliphatic rings. The van der Waals surface area contributed by atoms with Gasteiger partial charge in [0.25, 0.3) is 5.91 Å². The minimum Gasteiger partial charge on any atom is -0.352 e. The quantitative estimate of drug-likeness (QED) is 0.689. The van der Waals surface area contributed by atoms with E-state index in [0.29, 0.717) is 18.7 Å². The summed E-state index contributed by atoms with van der Waals surface area (Å²) >= 11 is 0. The molecule has 0 fully saturated rings. The molecule has 21 heavy (non-hydrogen) atoms. The Balaban J connectivity index is 2.76. The summed E-state index contributed by atoms with van der Waals surface area (Å²) < 4.78 is 26.4. The minimum absolute atomic E-state index is 0.142. The van der Waals surface area contributed by atoms with Gasteiger partial charge in [0, 0.05) is 18.2 Å². The van der Waals surface area contributed by atoms with E-state index >= 15 is 0 Å². The van der Waals surface area contributed by atoms with Crippen LogP contribution in [0.5, 0.6) is 0 Å². The number of hydrogen-bond acceptors (Lipinski definition) is 4. The zero-order valence-corrected chi connectivity index (χ0v) is 13.4. The SMILES string of the molecule is CC(CN)CNC(=O)c1ccc(S(=O)(=O)NC(C)C)cc1. The van der Waals surface area contributed by atoms with Crippen LogP contribution in [0.3, 0.4) is 0 Å². The van der Waals surface area contributed by atoms with Crippen LogP contribution in [-0.2, 0) is 10.0 Å². The van der Waals surface area contributed by atoms with E-state index in [1.165, 1.54) is 24.3 Å². The van der Waals surface area contributed by atoms with Gasteiger partial charge in [-0.1, -0.05) is 6.92 Å². The minimum atomic E-state index is -3.53. The summed E-state index contributed by atoms with van der Waals surface area (Å²) in [7, 11) is -3.53. The molecule has 1 amide bonds. The Bertz CT molecular complexity index is 568. The monoisotopic (exact) mass is 313 g/mol. The lowest BCUT2D eigenvalue weighted by atomic mass is 10.1. The number of benzene rings is 1. The van der Waals surface area contributed by atoms with Crippen molar-refractivity contribution in [2.75, 3.05) is 13.1 Å². The number of sulfonamides is 1. The smallest absolute Gasteiger partial charge is 0.251 e. The standard InChI is InChI=1S/C14H23N3O3S/c1-10(2)17-21(19,20)13-6-4-12(5-7-13)14(18)16-9-11(3)8-15/h4-7,10-11,17H,8-9,15H2,1-3H3,(H,16,18). The number of carbonyl (C=O) groups excluding carboxylic acids is 1. The van der Waals surface area contributed by atoms with Crippen LogP contribution >= 0.6 is 0 Å². The molecule has 0 aliphatic heterocycles. The van der Waals surface area contributed by atoms with Crippen molar-refractivity contribution >= 4 is 15.9 Å². The van der Waals surface area contributed by atoms with Gasteiger partial charge in [0.2, 0.25) is 10.0 Å². The van der Waals surface area contributed by atoms with Crippen molar-refractivity contribution in [3.63, 3.8) is 0 Å². The zero-order valence-electron chi connectivity index (χ0n) is 12.6. The van der Waals surface area contributed by atoms with Gasteiger partial charge in [0.05, 0.1) is 4.90 Å². The number of rotatable bonds is 7. The van der Waals surface area contributed by atoms with Gasteiger partial charge < -0.3 is 11.1 Å². The summed E-state index contributed by atoms with van der Waals surface area (Å²) in [4.78, 5) is 12.0. The number of nitrogens with two attached hydrogens (primary N) is 1. The van der Waals surface area contributed by atoms with E-state index in [4.69, 9.17) is 5.73 Å². The van der Waals surface area contributed by atoms with Crippen LogP contribution in [0.4, 0.5) is 0 Å². The van der Waals surface area contributed by atoms with Crippen LogP contribution in [0.2, 0.25) is 0 Å². The summed E-state index contributed by atoms with van der Waals surface area (Å²) in [6, 6.07) is 5.66. The summed E-state index contributed by atoms with van der Waals surface area (Å²) in [6.45, 7) is 6.42. The Morgan fingerprint density at radius 1 is 1.19 bits per heavy atom. The highest BCUT2D eigenvalue weighted by atomic mass is 32.2. The lowest BCUT2D eigenvalue weighted by Crippen LogP contribution is -2.31. The Labute approximate surface area is 126 Å². The van der Waals surface area contributed by atoms with Gasteiger partial charge >= 0.3 is 0 Å². The highest BCUT2D eigenvalue weighted by molar-refractivity contribution is 7.89. The highest BCUT2D eigenvalue weighted by Crippen LogP contribution is 2.11. The molecule has 0 saturated carbocycles. The van der Waals surface area contributed by atoms with Crippen LogP contribution in [0.25, 0.3) is 0 Å². The fourth-order valence-corrected chi connectivity index (χ4v) is 2.87. The predicted molar refractivity (Wildman–Crippen MR) is 82.5 cm³/mol. The van der Waals surface area contributed by atoms with E-state index in [9.17, 15) is 13.2 Å². The van der Waals surface area contributed by atoms with Crippen molar-refractivity contribution in [3.05, 3.63) is 29.8 Å². The zero-order chi connectivity index (χ0) is 16.0. The van der Waals surface area contributed by atoms with Gasteiger partial charge in [-0.15, -0.1) is 0 Å². The van der Waals surface area contributed by atoms with Crippen molar-refractivity contribution < 1.29 is 13.2 Å². The van der Waals surface area contributed by atoms with Crippen molar-refractivity contribution in [2.45, 2.75) is 31.7 Å². The van der Waals surface area contributed by atoms with Crippen LogP contribution in [-0.4, -0.2) is 33.5 Å². The van der Waals surface area contributed by atoms with Gasteiger partial charge in [-0.25, -0.2) is 13.1 Å². The molecule has 1 rings (SSSR count). The van der Waals surface area contributed by atoms with Gasteiger partial charge in [0.1, 0.15) is 0 Å². The molecular weight excluding hydrogens is 290 g/mol. The number of hydrogen-bond donors (Lipinski definition) is 3. The van der Waals surface area contributed by atoms with Gasteiger partial charge in [-0.3, -0.25) is 4.79 Å². The van der Waals surface area contributed by atoms with Crippen molar-refractivity contribution in [2.24, 2.45) is 11.7 Å². The number of carbonyl (C=O) groups is 1. The van der Waals surface area contributed by atoms with Gasteiger partial charge in [0.15, 0.2) is 0 Å². The molecule has 1 atom stereocenters. The Morgan fingerprint density at radius 3 is 2.24 bits per heavy atom. The molecule has 0 radical (unpaired) electrons. The summed E-state index contributed by atoms with van der Waals surface area (Å²) in [5.74, 6) is -0.0418. The van der Waals surface area contributed by atoms with Crippen molar-refractivity contribution in [1.82, 2.24) is 10.0 Å². The van der Waals surface area contributed by atoms with Crippen LogP contribution < -0.4 is 15.8 Å². The predicted octanol–water partition coefficient (Wildman–Crippen LogP) is 0.698. The average molecular weight is 313 g/mol. The molecule has 0 heterocycles. The van der Waals surface area contributed by atoms with Crippen LogP contribution in [0.1, 0.15) is 31.1 Å². The third-order valence-electron chi connectivity index (χ3n) is 2.83. The molecule has 6 nitrogen and oxygen atoms in total. The molecular formula is C14H23N3O3S. The molecule has 1 aromatic carbocycles. The second-order valence-electron chi connectivity index (χ2n) is 5.35. The third-order valence-corrected chi connectivity index (χ3v) is 4.51. The average Bonchev–Trinajstić information content (AvgIpc) is 2.43. The maximum Gasteiger partial charge on any atom is 0.251 e.